The van der Waals surface area contributed by atoms with Gasteiger partial charge in [0.15, 0.2) is 0 Å². The summed E-state index contributed by atoms with van der Waals surface area (Å²) < 4.78 is 11.0. The van der Waals surface area contributed by atoms with Crippen molar-refractivity contribution in [1.82, 2.24) is 4.90 Å². The van der Waals surface area contributed by atoms with Crippen LogP contribution >= 0.6 is 0 Å². The third kappa shape index (κ3) is 4.19. The van der Waals surface area contributed by atoms with Gasteiger partial charge in [-0.2, -0.15) is 0 Å². The van der Waals surface area contributed by atoms with Crippen LogP contribution in [0.5, 0.6) is 0 Å². The number of ketones is 1. The Morgan fingerprint density at radius 3 is 2.71 bits per heavy atom. The standard InChI is InChI=1S/C16H27NO4/c1-11-5-7-17(15(19)21-16(2,3)4)13(9-11)12-10-20-8-6-14(12)18/h11-13H,5-10H2,1-4H3. The van der Waals surface area contributed by atoms with Crippen molar-refractivity contribution in [3.63, 3.8) is 0 Å². The van der Waals surface area contributed by atoms with E-state index in [9.17, 15) is 9.59 Å². The van der Waals surface area contributed by atoms with Crippen LogP contribution in [-0.2, 0) is 14.3 Å². The molecule has 0 aliphatic carbocycles. The lowest BCUT2D eigenvalue weighted by Gasteiger charge is -2.43. The van der Waals surface area contributed by atoms with Crippen LogP contribution in [0, 0.1) is 11.8 Å². The molecule has 21 heavy (non-hydrogen) atoms. The number of carbonyl (C=O) groups excluding carboxylic acids is 2. The Bertz CT molecular complexity index is 402. The fourth-order valence-electron chi connectivity index (χ4n) is 3.10. The molecule has 120 valence electrons. The van der Waals surface area contributed by atoms with E-state index in [0.29, 0.717) is 32.1 Å². The fourth-order valence-corrected chi connectivity index (χ4v) is 3.10. The first-order chi connectivity index (χ1) is 9.78. The normalized spacial score (nSPS) is 31.1. The summed E-state index contributed by atoms with van der Waals surface area (Å²) in [5.74, 6) is 0.534. The van der Waals surface area contributed by atoms with Crippen LogP contribution in [-0.4, -0.2) is 48.2 Å². The highest BCUT2D eigenvalue weighted by Gasteiger charge is 2.41. The molecule has 5 nitrogen and oxygen atoms in total. The van der Waals surface area contributed by atoms with E-state index in [1.165, 1.54) is 0 Å². The van der Waals surface area contributed by atoms with Gasteiger partial charge in [-0.3, -0.25) is 4.79 Å². The van der Waals surface area contributed by atoms with Crippen molar-refractivity contribution in [3.8, 4) is 0 Å². The van der Waals surface area contributed by atoms with Gasteiger partial charge >= 0.3 is 6.09 Å². The van der Waals surface area contributed by atoms with Gasteiger partial charge in [-0.05, 0) is 39.5 Å². The molecule has 0 aromatic rings. The zero-order valence-corrected chi connectivity index (χ0v) is 13.6. The van der Waals surface area contributed by atoms with Crippen LogP contribution in [0.15, 0.2) is 0 Å². The van der Waals surface area contributed by atoms with Crippen LogP contribution in [0.1, 0.15) is 47.0 Å². The van der Waals surface area contributed by atoms with Crippen molar-refractivity contribution >= 4 is 11.9 Å². The third-order valence-corrected chi connectivity index (χ3v) is 4.20. The minimum Gasteiger partial charge on any atom is -0.444 e. The minimum absolute atomic E-state index is 0.0867. The van der Waals surface area contributed by atoms with Gasteiger partial charge in [0.1, 0.15) is 11.4 Å². The SMILES string of the molecule is CC1CCN(C(=O)OC(C)(C)C)C(C2COCCC2=O)C1. The number of carbonyl (C=O) groups is 2. The van der Waals surface area contributed by atoms with Gasteiger partial charge in [0, 0.05) is 19.0 Å². The highest BCUT2D eigenvalue weighted by Crippen LogP contribution is 2.31. The Kier molecular flexibility index (Phi) is 4.91. The number of piperidine rings is 1. The summed E-state index contributed by atoms with van der Waals surface area (Å²) in [5.41, 5.74) is -0.516. The maximum atomic E-state index is 12.4. The van der Waals surface area contributed by atoms with E-state index in [4.69, 9.17) is 9.47 Å². The Morgan fingerprint density at radius 2 is 2.10 bits per heavy atom. The van der Waals surface area contributed by atoms with E-state index in [1.807, 2.05) is 20.8 Å². The van der Waals surface area contributed by atoms with E-state index >= 15 is 0 Å². The van der Waals surface area contributed by atoms with Gasteiger partial charge in [0.25, 0.3) is 0 Å². The fraction of sp³-hybridized carbons (Fsp3) is 0.875. The van der Waals surface area contributed by atoms with E-state index in [2.05, 4.69) is 6.92 Å². The van der Waals surface area contributed by atoms with Gasteiger partial charge < -0.3 is 14.4 Å². The second-order valence-corrected chi connectivity index (χ2v) is 7.27. The van der Waals surface area contributed by atoms with E-state index in [0.717, 1.165) is 12.8 Å². The number of Topliss-reactive ketones (excluding diaryl/α,β-unsaturated/α-hetero) is 1. The molecule has 1 amide bonds. The summed E-state index contributed by atoms with van der Waals surface area (Å²) in [5, 5.41) is 0. The lowest BCUT2D eigenvalue weighted by molar-refractivity contribution is -0.134. The van der Waals surface area contributed by atoms with Crippen molar-refractivity contribution in [2.75, 3.05) is 19.8 Å². The molecule has 0 N–H and O–H groups in total. The summed E-state index contributed by atoms with van der Waals surface area (Å²) in [6.07, 6.45) is 1.95. The second kappa shape index (κ2) is 6.34. The van der Waals surface area contributed by atoms with Gasteiger partial charge in [0.05, 0.1) is 19.1 Å². The van der Waals surface area contributed by atoms with Crippen LogP contribution < -0.4 is 0 Å². The molecule has 0 spiro atoms. The Morgan fingerprint density at radius 1 is 1.38 bits per heavy atom. The molecule has 3 atom stereocenters. The van der Waals surface area contributed by atoms with Gasteiger partial charge in [-0.1, -0.05) is 6.92 Å². The van der Waals surface area contributed by atoms with E-state index < -0.39 is 5.60 Å². The maximum absolute atomic E-state index is 12.4. The first-order valence-corrected chi connectivity index (χ1v) is 7.88. The third-order valence-electron chi connectivity index (χ3n) is 4.20. The number of rotatable bonds is 1. The number of hydrogen-bond donors (Lipinski definition) is 0. The van der Waals surface area contributed by atoms with Gasteiger partial charge in [-0.15, -0.1) is 0 Å². The topological polar surface area (TPSA) is 55.8 Å². The smallest absolute Gasteiger partial charge is 0.410 e. The lowest BCUT2D eigenvalue weighted by atomic mass is 9.82. The number of amides is 1. The molecule has 3 unspecified atom stereocenters. The first kappa shape index (κ1) is 16.3. The Balaban J connectivity index is 2.13. The number of ether oxygens (including phenoxy) is 2. The number of hydrogen-bond acceptors (Lipinski definition) is 4. The largest absolute Gasteiger partial charge is 0.444 e. The highest BCUT2D eigenvalue weighted by molar-refractivity contribution is 5.83. The molecule has 0 aromatic heterocycles. The quantitative estimate of drug-likeness (QED) is 0.746. The molecule has 2 heterocycles. The molecular weight excluding hydrogens is 270 g/mol. The average molecular weight is 297 g/mol. The number of likely N-dealkylation sites (tertiary alicyclic amines) is 1. The summed E-state index contributed by atoms with van der Waals surface area (Å²) in [4.78, 5) is 26.4. The minimum atomic E-state index is -0.516. The second-order valence-electron chi connectivity index (χ2n) is 7.27. The number of nitrogens with zero attached hydrogens (tertiary/aromatic N) is 1. The monoisotopic (exact) mass is 297 g/mol. The zero-order chi connectivity index (χ0) is 15.6. The molecule has 2 fully saturated rings. The highest BCUT2D eigenvalue weighted by atomic mass is 16.6. The molecule has 2 saturated heterocycles. The molecule has 2 aliphatic heterocycles. The molecule has 2 rings (SSSR count). The van der Waals surface area contributed by atoms with Crippen molar-refractivity contribution in [2.45, 2.75) is 58.6 Å². The molecular formula is C16H27NO4. The zero-order valence-electron chi connectivity index (χ0n) is 13.6. The molecule has 0 bridgehead atoms. The Hall–Kier alpha value is -1.10. The summed E-state index contributed by atoms with van der Waals surface area (Å²) >= 11 is 0. The predicted molar refractivity (Wildman–Crippen MR) is 79.1 cm³/mol. The van der Waals surface area contributed by atoms with Crippen LogP contribution in [0.4, 0.5) is 4.79 Å². The lowest BCUT2D eigenvalue weighted by Crippen LogP contribution is -2.54. The van der Waals surface area contributed by atoms with E-state index in [1.54, 1.807) is 4.90 Å². The predicted octanol–water partition coefficient (Wildman–Crippen LogP) is 2.63. The van der Waals surface area contributed by atoms with Crippen molar-refractivity contribution in [1.29, 1.82) is 0 Å². The van der Waals surface area contributed by atoms with Crippen molar-refractivity contribution in [2.24, 2.45) is 11.8 Å². The molecule has 2 aliphatic rings. The molecule has 5 heteroatoms. The average Bonchev–Trinajstić information content (AvgIpc) is 2.37. The summed E-state index contributed by atoms with van der Waals surface area (Å²) in [6, 6.07) is -0.0867. The molecule has 0 aromatic carbocycles. The summed E-state index contributed by atoms with van der Waals surface area (Å²) in [6.45, 7) is 9.35. The van der Waals surface area contributed by atoms with Crippen molar-refractivity contribution in [3.05, 3.63) is 0 Å². The van der Waals surface area contributed by atoms with Crippen LogP contribution in [0.2, 0.25) is 0 Å². The van der Waals surface area contributed by atoms with Crippen LogP contribution in [0.3, 0.4) is 0 Å². The molecule has 0 radical (unpaired) electrons. The van der Waals surface area contributed by atoms with Gasteiger partial charge in [-0.25, -0.2) is 4.79 Å². The van der Waals surface area contributed by atoms with Crippen LogP contribution in [0.25, 0.3) is 0 Å². The molecule has 0 saturated carbocycles. The van der Waals surface area contributed by atoms with E-state index in [-0.39, 0.29) is 23.8 Å². The van der Waals surface area contributed by atoms with Crippen molar-refractivity contribution < 1.29 is 19.1 Å². The summed E-state index contributed by atoms with van der Waals surface area (Å²) in [7, 11) is 0. The maximum Gasteiger partial charge on any atom is 0.410 e. The Labute approximate surface area is 127 Å². The van der Waals surface area contributed by atoms with Gasteiger partial charge in [0.2, 0.25) is 0 Å². The first-order valence-electron chi connectivity index (χ1n) is 7.88.